The number of hydrogen-bond donors (Lipinski definition) is 1. The zero-order valence-electron chi connectivity index (χ0n) is 11.9. The van der Waals surface area contributed by atoms with Crippen molar-refractivity contribution in [3.05, 3.63) is 58.9 Å². The molecule has 0 aliphatic rings. The number of rotatable bonds is 4. The molecule has 0 heterocycles. The van der Waals surface area contributed by atoms with Crippen molar-refractivity contribution in [2.75, 3.05) is 12.8 Å². The Hall–Kier alpha value is -2.56. The van der Waals surface area contributed by atoms with Crippen molar-refractivity contribution in [3.63, 3.8) is 0 Å². The first-order chi connectivity index (χ1) is 10.0. The molecule has 0 amide bonds. The molecule has 2 aromatic rings. The molecule has 2 aromatic carbocycles. The molecule has 2 rings (SSSR count). The lowest BCUT2D eigenvalue weighted by molar-refractivity contribution is 0.0600. The quantitative estimate of drug-likeness (QED) is 0.694. The van der Waals surface area contributed by atoms with Crippen LogP contribution in [0.5, 0.6) is 5.75 Å². The average molecular weight is 289 g/mol. The number of esters is 1. The van der Waals surface area contributed by atoms with E-state index in [1.54, 1.807) is 37.3 Å². The van der Waals surface area contributed by atoms with Gasteiger partial charge in [-0.25, -0.2) is 9.18 Å². The number of anilines is 1. The summed E-state index contributed by atoms with van der Waals surface area (Å²) in [5.41, 5.74) is 7.77. The van der Waals surface area contributed by atoms with Gasteiger partial charge in [0.2, 0.25) is 0 Å². The lowest BCUT2D eigenvalue weighted by atomic mass is 10.1. The van der Waals surface area contributed by atoms with Crippen LogP contribution in [0.15, 0.2) is 36.4 Å². The van der Waals surface area contributed by atoms with Crippen molar-refractivity contribution >= 4 is 11.7 Å². The van der Waals surface area contributed by atoms with E-state index in [-0.39, 0.29) is 24.1 Å². The van der Waals surface area contributed by atoms with Crippen molar-refractivity contribution < 1.29 is 18.7 Å². The maximum atomic E-state index is 13.3. The number of carbonyl (C=O) groups is 1. The lowest BCUT2D eigenvalue weighted by Crippen LogP contribution is -2.03. The Labute approximate surface area is 122 Å². The minimum atomic E-state index is -0.388. The molecule has 0 bridgehead atoms. The maximum absolute atomic E-state index is 13.3. The van der Waals surface area contributed by atoms with Crippen LogP contribution in [0.2, 0.25) is 0 Å². The third-order valence-corrected chi connectivity index (χ3v) is 3.06. The number of nitrogen functional groups attached to an aromatic ring is 1. The van der Waals surface area contributed by atoms with Gasteiger partial charge in [-0.05, 0) is 36.2 Å². The van der Waals surface area contributed by atoms with Gasteiger partial charge in [-0.15, -0.1) is 0 Å². The van der Waals surface area contributed by atoms with E-state index in [9.17, 15) is 9.18 Å². The van der Waals surface area contributed by atoms with Crippen LogP contribution in [0.4, 0.5) is 10.1 Å². The maximum Gasteiger partial charge on any atom is 0.337 e. The van der Waals surface area contributed by atoms with Gasteiger partial charge in [0.05, 0.1) is 18.4 Å². The number of benzene rings is 2. The van der Waals surface area contributed by atoms with E-state index in [2.05, 4.69) is 4.74 Å². The molecule has 21 heavy (non-hydrogen) atoms. The normalized spacial score (nSPS) is 10.2. The summed E-state index contributed by atoms with van der Waals surface area (Å²) in [6, 6.07) is 9.64. The number of aryl methyl sites for hydroxylation is 1. The molecule has 0 unspecified atom stereocenters. The molecule has 0 radical (unpaired) electrons. The Morgan fingerprint density at radius 1 is 1.24 bits per heavy atom. The van der Waals surface area contributed by atoms with Crippen molar-refractivity contribution in [1.82, 2.24) is 0 Å². The van der Waals surface area contributed by atoms with E-state index in [4.69, 9.17) is 10.5 Å². The second-order valence-corrected chi connectivity index (χ2v) is 4.62. The highest BCUT2D eigenvalue weighted by molar-refractivity contribution is 5.89. The zero-order valence-corrected chi connectivity index (χ0v) is 11.9. The monoisotopic (exact) mass is 289 g/mol. The Morgan fingerprint density at radius 3 is 2.52 bits per heavy atom. The molecule has 0 aliphatic carbocycles. The largest absolute Gasteiger partial charge is 0.487 e. The smallest absolute Gasteiger partial charge is 0.337 e. The van der Waals surface area contributed by atoms with Gasteiger partial charge in [0.1, 0.15) is 18.2 Å². The van der Waals surface area contributed by atoms with E-state index in [0.717, 1.165) is 5.56 Å². The first kappa shape index (κ1) is 14.8. The molecule has 0 atom stereocenters. The topological polar surface area (TPSA) is 61.5 Å². The minimum absolute atomic E-state index is 0.254. The molecule has 0 saturated heterocycles. The zero-order chi connectivity index (χ0) is 15.4. The molecule has 4 nitrogen and oxygen atoms in total. The number of hydrogen-bond acceptors (Lipinski definition) is 4. The van der Waals surface area contributed by atoms with Crippen LogP contribution in [-0.4, -0.2) is 13.1 Å². The first-order valence-electron chi connectivity index (χ1n) is 6.37. The van der Waals surface area contributed by atoms with Crippen molar-refractivity contribution in [2.24, 2.45) is 0 Å². The molecule has 110 valence electrons. The van der Waals surface area contributed by atoms with E-state index in [1.165, 1.54) is 13.2 Å². The van der Waals surface area contributed by atoms with Crippen molar-refractivity contribution in [3.8, 4) is 5.75 Å². The number of nitrogens with two attached hydrogens (primary N) is 1. The molecule has 0 saturated carbocycles. The van der Waals surface area contributed by atoms with Crippen LogP contribution < -0.4 is 10.5 Å². The van der Waals surface area contributed by atoms with Gasteiger partial charge in [-0.3, -0.25) is 0 Å². The molecule has 0 aliphatic heterocycles. The Bertz CT molecular complexity index is 653. The molecule has 0 aromatic heterocycles. The number of methoxy groups -OCH3 is 1. The molecule has 0 spiro atoms. The number of carbonyl (C=O) groups excluding carboxylic acids is 1. The van der Waals surface area contributed by atoms with Gasteiger partial charge in [-0.1, -0.05) is 12.1 Å². The summed E-state index contributed by atoms with van der Waals surface area (Å²) in [4.78, 5) is 11.3. The molecule has 2 N–H and O–H groups in total. The van der Waals surface area contributed by atoms with E-state index in [0.29, 0.717) is 16.9 Å². The molecular formula is C16H16FNO3. The van der Waals surface area contributed by atoms with Crippen molar-refractivity contribution in [2.45, 2.75) is 13.5 Å². The van der Waals surface area contributed by atoms with Gasteiger partial charge in [0.15, 0.2) is 0 Å². The summed E-state index contributed by atoms with van der Waals surface area (Å²) in [5, 5.41) is 0. The molecular weight excluding hydrogens is 273 g/mol. The highest BCUT2D eigenvalue weighted by Crippen LogP contribution is 2.25. The van der Waals surface area contributed by atoms with E-state index >= 15 is 0 Å². The van der Waals surface area contributed by atoms with Crippen LogP contribution in [0.3, 0.4) is 0 Å². The Balaban J connectivity index is 2.06. The van der Waals surface area contributed by atoms with E-state index < -0.39 is 0 Å². The van der Waals surface area contributed by atoms with Gasteiger partial charge >= 0.3 is 5.97 Å². The summed E-state index contributed by atoms with van der Waals surface area (Å²) in [5.74, 6) is -0.311. The average Bonchev–Trinajstić information content (AvgIpc) is 2.49. The fraction of sp³-hybridized carbons (Fsp3) is 0.188. The Morgan fingerprint density at radius 2 is 1.90 bits per heavy atom. The second kappa shape index (κ2) is 6.26. The van der Waals surface area contributed by atoms with Gasteiger partial charge < -0.3 is 15.2 Å². The highest BCUT2D eigenvalue weighted by Gasteiger charge is 2.07. The summed E-state index contributed by atoms with van der Waals surface area (Å²) in [7, 11) is 1.33. The summed E-state index contributed by atoms with van der Waals surface area (Å²) in [6.07, 6.45) is 0. The highest BCUT2D eigenvalue weighted by atomic mass is 19.1. The van der Waals surface area contributed by atoms with Crippen LogP contribution in [0, 0.1) is 12.7 Å². The third-order valence-electron chi connectivity index (χ3n) is 3.06. The van der Waals surface area contributed by atoms with Crippen LogP contribution in [0.1, 0.15) is 21.5 Å². The fourth-order valence-corrected chi connectivity index (χ4v) is 1.81. The second-order valence-electron chi connectivity index (χ2n) is 4.62. The minimum Gasteiger partial charge on any atom is -0.487 e. The summed E-state index contributed by atoms with van der Waals surface area (Å²) in [6.45, 7) is 1.92. The number of ether oxygens (including phenoxy) is 2. The van der Waals surface area contributed by atoms with E-state index in [1.807, 2.05) is 0 Å². The lowest BCUT2D eigenvalue weighted by Gasteiger charge is -2.10. The predicted molar refractivity (Wildman–Crippen MR) is 77.7 cm³/mol. The van der Waals surface area contributed by atoms with Gasteiger partial charge in [-0.2, -0.15) is 0 Å². The summed E-state index contributed by atoms with van der Waals surface area (Å²) < 4.78 is 23.5. The first-order valence-corrected chi connectivity index (χ1v) is 6.37. The number of halogens is 1. The van der Waals surface area contributed by atoms with Crippen LogP contribution in [0.25, 0.3) is 0 Å². The standard InChI is InChI=1S/C16H16FNO3/c1-10-7-15(14(18)8-13(10)17)21-9-11-3-5-12(6-4-11)16(19)20-2/h3-8H,9,18H2,1-2H3. The van der Waals surface area contributed by atoms with Crippen LogP contribution >= 0.6 is 0 Å². The fourth-order valence-electron chi connectivity index (χ4n) is 1.81. The summed E-state index contributed by atoms with van der Waals surface area (Å²) >= 11 is 0. The van der Waals surface area contributed by atoms with Crippen molar-refractivity contribution in [1.29, 1.82) is 0 Å². The predicted octanol–water partition coefficient (Wildman–Crippen LogP) is 3.08. The van der Waals surface area contributed by atoms with Gasteiger partial charge in [0.25, 0.3) is 0 Å². The SMILES string of the molecule is COC(=O)c1ccc(COc2cc(C)c(F)cc2N)cc1. The Kier molecular flexibility index (Phi) is 4.42. The third kappa shape index (κ3) is 3.51. The molecule has 5 heteroatoms. The van der Waals surface area contributed by atoms with Gasteiger partial charge in [0, 0.05) is 6.07 Å². The molecule has 0 fully saturated rings. The van der Waals surface area contributed by atoms with Crippen LogP contribution in [-0.2, 0) is 11.3 Å².